The van der Waals surface area contributed by atoms with E-state index in [-0.39, 0.29) is 6.61 Å². The summed E-state index contributed by atoms with van der Waals surface area (Å²) in [7, 11) is 0. The van der Waals surface area contributed by atoms with E-state index >= 15 is 0 Å². The van der Waals surface area contributed by atoms with Crippen LogP contribution in [0.5, 0.6) is 0 Å². The zero-order chi connectivity index (χ0) is 40.3. The van der Waals surface area contributed by atoms with Gasteiger partial charge in [0.15, 0.2) is 0 Å². The Morgan fingerprint density at radius 1 is 0.357 bits per heavy atom. The van der Waals surface area contributed by atoms with Gasteiger partial charge in [-0.15, -0.1) is 0 Å². The highest BCUT2D eigenvalue weighted by molar-refractivity contribution is 4.94. The number of hydrogen-bond donors (Lipinski definition) is 1. The SMILES string of the molecule is CCCCCCCCCCCCCCC(CCCCCCCCCCCCCC)CCCCC(CCCCCCCCCCCCCC)N1C=CN(CCO)C1. The van der Waals surface area contributed by atoms with Crippen LogP contribution < -0.4 is 0 Å². The molecule has 3 heteroatoms. The molecule has 1 unspecified atom stereocenters. The summed E-state index contributed by atoms with van der Waals surface area (Å²) in [4.78, 5) is 4.92. The predicted octanol–water partition coefficient (Wildman–Crippen LogP) is 17.8. The van der Waals surface area contributed by atoms with Crippen LogP contribution in [0.25, 0.3) is 0 Å². The second kappa shape index (κ2) is 43.9. The van der Waals surface area contributed by atoms with E-state index in [2.05, 4.69) is 43.0 Å². The van der Waals surface area contributed by atoms with Crippen LogP contribution in [0.4, 0.5) is 0 Å². The highest BCUT2D eigenvalue weighted by atomic mass is 16.3. The molecule has 1 atom stereocenters. The predicted molar refractivity (Wildman–Crippen MR) is 252 cm³/mol. The van der Waals surface area contributed by atoms with Gasteiger partial charge < -0.3 is 14.9 Å². The second-order valence-electron chi connectivity index (χ2n) is 18.8. The largest absolute Gasteiger partial charge is 0.395 e. The summed E-state index contributed by atoms with van der Waals surface area (Å²) in [6.45, 7) is 8.94. The van der Waals surface area contributed by atoms with Crippen LogP contribution in [-0.2, 0) is 0 Å². The second-order valence-corrected chi connectivity index (χ2v) is 18.8. The minimum atomic E-state index is 0.251. The summed E-state index contributed by atoms with van der Waals surface area (Å²) in [5.74, 6) is 0.961. The van der Waals surface area contributed by atoms with E-state index in [0.29, 0.717) is 6.04 Å². The monoisotopic (exact) mass is 787 g/mol. The fourth-order valence-corrected chi connectivity index (χ4v) is 9.49. The molecule has 0 saturated carbocycles. The van der Waals surface area contributed by atoms with Gasteiger partial charge in [-0.2, -0.15) is 0 Å². The fourth-order valence-electron chi connectivity index (χ4n) is 9.49. The summed E-state index contributed by atoms with van der Waals surface area (Å²) in [5, 5.41) is 9.54. The maximum absolute atomic E-state index is 9.54. The number of nitrogens with zero attached hydrogens (tertiary/aromatic N) is 2. The Morgan fingerprint density at radius 2 is 0.625 bits per heavy atom. The van der Waals surface area contributed by atoms with Crippen LogP contribution in [0.3, 0.4) is 0 Å². The third-order valence-corrected chi connectivity index (χ3v) is 13.4. The van der Waals surface area contributed by atoms with Crippen molar-refractivity contribution >= 4 is 0 Å². The fraction of sp³-hybridized carbons (Fsp3) is 0.962. The van der Waals surface area contributed by atoms with E-state index in [0.717, 1.165) is 19.1 Å². The van der Waals surface area contributed by atoms with Gasteiger partial charge in [0.1, 0.15) is 0 Å². The number of unbranched alkanes of at least 4 members (excludes halogenated alkanes) is 34. The molecule has 56 heavy (non-hydrogen) atoms. The average molecular weight is 787 g/mol. The maximum atomic E-state index is 9.54. The average Bonchev–Trinajstić information content (AvgIpc) is 3.68. The molecule has 1 N–H and O–H groups in total. The van der Waals surface area contributed by atoms with Crippen molar-refractivity contribution in [1.29, 1.82) is 0 Å². The Balaban J connectivity index is 2.41. The molecule has 1 heterocycles. The quantitative estimate of drug-likeness (QED) is 0.0623. The van der Waals surface area contributed by atoms with Gasteiger partial charge in [0.25, 0.3) is 0 Å². The molecule has 0 amide bonds. The summed E-state index contributed by atoms with van der Waals surface area (Å²) in [6.07, 6.45) is 66.6. The molecule has 0 aromatic carbocycles. The first-order valence-electron chi connectivity index (χ1n) is 26.5. The third kappa shape index (κ3) is 35.3. The van der Waals surface area contributed by atoms with Crippen LogP contribution in [0.1, 0.15) is 297 Å². The van der Waals surface area contributed by atoms with E-state index in [1.165, 1.54) is 276 Å². The molecule has 3 nitrogen and oxygen atoms in total. The van der Waals surface area contributed by atoms with Gasteiger partial charge in [0, 0.05) is 25.0 Å². The molecule has 0 aliphatic carbocycles. The van der Waals surface area contributed by atoms with Crippen molar-refractivity contribution in [3.05, 3.63) is 12.4 Å². The van der Waals surface area contributed by atoms with Gasteiger partial charge in [-0.3, -0.25) is 0 Å². The third-order valence-electron chi connectivity index (χ3n) is 13.4. The molecule has 1 rings (SSSR count). The lowest BCUT2D eigenvalue weighted by molar-refractivity contribution is 0.166. The molecule has 0 aromatic rings. The van der Waals surface area contributed by atoms with Crippen molar-refractivity contribution in [1.82, 2.24) is 9.80 Å². The lowest BCUT2D eigenvalue weighted by Crippen LogP contribution is -2.35. The molecule has 0 aromatic heterocycles. The lowest BCUT2D eigenvalue weighted by Gasteiger charge is -2.30. The van der Waals surface area contributed by atoms with Crippen molar-refractivity contribution in [3.8, 4) is 0 Å². The molecule has 0 bridgehead atoms. The first-order chi connectivity index (χ1) is 27.7. The molecule has 0 saturated heterocycles. The van der Waals surface area contributed by atoms with E-state index in [1.807, 2.05) is 0 Å². The van der Waals surface area contributed by atoms with Crippen molar-refractivity contribution in [2.75, 3.05) is 19.8 Å². The minimum Gasteiger partial charge on any atom is -0.395 e. The number of β-amino-alcohol motifs (C(OH)–C–C–N with tert-alkyl or cyclic N) is 1. The number of aliphatic hydroxyl groups excluding tert-OH is 1. The Bertz CT molecular complexity index is 741. The molecule has 1 aliphatic heterocycles. The number of aliphatic hydroxyl groups is 1. The molecule has 1 aliphatic rings. The van der Waals surface area contributed by atoms with Gasteiger partial charge in [-0.25, -0.2) is 0 Å². The first kappa shape index (κ1) is 53.3. The van der Waals surface area contributed by atoms with E-state index < -0.39 is 0 Å². The summed E-state index contributed by atoms with van der Waals surface area (Å²) >= 11 is 0. The van der Waals surface area contributed by atoms with Crippen LogP contribution in [0, 0.1) is 5.92 Å². The Morgan fingerprint density at radius 3 is 0.946 bits per heavy atom. The van der Waals surface area contributed by atoms with Crippen molar-refractivity contribution < 1.29 is 5.11 Å². The summed E-state index contributed by atoms with van der Waals surface area (Å²) < 4.78 is 0. The van der Waals surface area contributed by atoms with Crippen LogP contribution >= 0.6 is 0 Å². The molecule has 0 fully saturated rings. The van der Waals surface area contributed by atoms with Gasteiger partial charge in [0.05, 0.1) is 13.3 Å². The molecular formula is C53H106N2O. The molecule has 334 valence electrons. The molecule has 0 radical (unpaired) electrons. The highest BCUT2D eigenvalue weighted by Gasteiger charge is 2.21. The normalized spacial score (nSPS) is 13.6. The van der Waals surface area contributed by atoms with Crippen molar-refractivity contribution in [2.24, 2.45) is 5.92 Å². The van der Waals surface area contributed by atoms with Gasteiger partial charge in [-0.1, -0.05) is 284 Å². The van der Waals surface area contributed by atoms with E-state index in [1.54, 1.807) is 0 Å². The standard InChI is InChI=1S/C53H106N2O/c1-4-7-10-13-16-19-22-25-28-31-34-37-42-52(43-38-35-32-29-26-23-20-17-14-11-8-5-2)44-40-41-46-53(55-48-47-54(51-55)49-50-56)45-39-36-33-30-27-24-21-18-15-12-9-6-3/h47-48,52-53,56H,4-46,49-51H2,1-3H3. The Hall–Kier alpha value is -0.700. The van der Waals surface area contributed by atoms with Gasteiger partial charge in [-0.05, 0) is 18.8 Å². The van der Waals surface area contributed by atoms with Crippen LogP contribution in [0.2, 0.25) is 0 Å². The zero-order valence-electron chi connectivity index (χ0n) is 39.2. The first-order valence-corrected chi connectivity index (χ1v) is 26.5. The Labute approximate surface area is 354 Å². The summed E-state index contributed by atoms with van der Waals surface area (Å²) in [6, 6.07) is 0.671. The van der Waals surface area contributed by atoms with Crippen molar-refractivity contribution in [2.45, 2.75) is 303 Å². The molecule has 0 spiro atoms. The highest BCUT2D eigenvalue weighted by Crippen LogP contribution is 2.27. The summed E-state index contributed by atoms with van der Waals surface area (Å²) in [5.41, 5.74) is 0. The maximum Gasteiger partial charge on any atom is 0.0897 e. The van der Waals surface area contributed by atoms with Gasteiger partial charge >= 0.3 is 0 Å². The Kier molecular flexibility index (Phi) is 41.8. The zero-order valence-corrected chi connectivity index (χ0v) is 39.2. The smallest absolute Gasteiger partial charge is 0.0897 e. The van der Waals surface area contributed by atoms with Crippen LogP contribution in [0.15, 0.2) is 12.4 Å². The van der Waals surface area contributed by atoms with Crippen molar-refractivity contribution in [3.63, 3.8) is 0 Å². The minimum absolute atomic E-state index is 0.251. The van der Waals surface area contributed by atoms with Crippen LogP contribution in [-0.4, -0.2) is 40.8 Å². The van der Waals surface area contributed by atoms with E-state index in [9.17, 15) is 5.11 Å². The lowest BCUT2D eigenvalue weighted by atomic mass is 9.89. The molecular weight excluding hydrogens is 681 g/mol. The van der Waals surface area contributed by atoms with E-state index in [4.69, 9.17) is 0 Å². The van der Waals surface area contributed by atoms with Gasteiger partial charge in [0.2, 0.25) is 0 Å². The number of rotatable bonds is 47. The topological polar surface area (TPSA) is 26.7 Å². The number of hydrogen-bond acceptors (Lipinski definition) is 3.